The van der Waals surface area contributed by atoms with Gasteiger partial charge in [-0.3, -0.25) is 0 Å². The van der Waals surface area contributed by atoms with Gasteiger partial charge in [-0.2, -0.15) is 0 Å². The molecule has 0 aliphatic rings. The second-order valence-electron chi connectivity index (χ2n) is 0.930. The molecule has 0 aliphatic heterocycles. The van der Waals surface area contributed by atoms with Crippen LogP contribution in [0.25, 0.3) is 0 Å². The Morgan fingerprint density at radius 2 is 1.08 bits per heavy atom. The number of rotatable bonds is 2. The van der Waals surface area contributed by atoms with Crippen LogP contribution in [0, 0.1) is 0 Å². The molecule has 70 valence electrons. The van der Waals surface area contributed by atoms with Crippen molar-refractivity contribution in [1.82, 2.24) is 0 Å². The molecule has 0 amide bonds. The molecule has 0 aromatic rings. The fraction of sp³-hybridized carbons (Fsp3) is 0. The van der Waals surface area contributed by atoms with E-state index in [2.05, 4.69) is 15.1 Å². The Labute approximate surface area is 165 Å². The molecule has 0 fully saturated rings. The summed E-state index contributed by atoms with van der Waals surface area (Å²) in [5, 5.41) is 0. The van der Waals surface area contributed by atoms with E-state index in [-0.39, 0.29) is 51.0 Å². The molecule has 0 aromatic heterocycles. The molecule has 13 heavy (non-hydrogen) atoms. The van der Waals surface area contributed by atoms with Crippen molar-refractivity contribution in [2.24, 2.45) is 0 Å². The maximum Gasteiger partial charge on any atom is 4.00 e. The standard InChI is InChI=1S/2C2H2.2CH.4Bi.2ClH.Zr.2H/c2*1-2;;;;;;;;;;;/h2*1-2H;2*1H;;;;;2*1H;;;/q;;2*-1;;;;;;;+4;;/p-2. The SMILES string of the molecule is [CH-]=[Bi][CH]=[CH][BiH].[CH-]=[Bi][CH]=[CH][BiH].[Cl-].[Cl-].[Zr+4]. The van der Waals surface area contributed by atoms with Crippen molar-refractivity contribution < 1.29 is 51.0 Å². The molecular formula is C6H8Bi4Cl2Zr. The average Bonchev–Trinajstić information content (AvgIpc) is 1.93. The summed E-state index contributed by atoms with van der Waals surface area (Å²) in [5.74, 6) is 0. The van der Waals surface area contributed by atoms with Crippen molar-refractivity contribution in [3.05, 3.63) is 15.1 Å². The smallest absolute Gasteiger partial charge is 1.00 e. The van der Waals surface area contributed by atoms with E-state index in [1.54, 1.807) is 0 Å². The van der Waals surface area contributed by atoms with Crippen LogP contribution >= 0.6 is 0 Å². The topological polar surface area (TPSA) is 0 Å². The fourth-order valence-corrected chi connectivity index (χ4v) is 6.63. The Kier molecular flexibility index (Phi) is 83.9. The molecule has 0 nitrogen and oxygen atoms in total. The first-order chi connectivity index (χ1) is 4.83. The number of halogens is 2. The molecule has 0 saturated heterocycles. The molecule has 7 heteroatoms. The fourth-order valence-electron chi connectivity index (χ4n) is 0.0861. The van der Waals surface area contributed by atoms with Gasteiger partial charge >= 0.3 is 145 Å². The van der Waals surface area contributed by atoms with E-state index < -0.39 is 45.5 Å². The summed E-state index contributed by atoms with van der Waals surface area (Å²) in [5.41, 5.74) is 0. The maximum atomic E-state index is 5.26. The van der Waals surface area contributed by atoms with Crippen molar-refractivity contribution in [2.45, 2.75) is 0 Å². The zero-order chi connectivity index (χ0) is 8.24. The monoisotopic (exact) mass is 1080 g/mol. The quantitative estimate of drug-likeness (QED) is 0.191. The predicted molar refractivity (Wildman–Crippen MR) is 56.2 cm³/mol. The van der Waals surface area contributed by atoms with Gasteiger partial charge in [-0.25, -0.2) is 0 Å². The summed E-state index contributed by atoms with van der Waals surface area (Å²) in [6.45, 7) is 0. The van der Waals surface area contributed by atoms with Gasteiger partial charge in [0.25, 0.3) is 0 Å². The third-order valence-electron chi connectivity index (χ3n) is 0.321. The summed E-state index contributed by atoms with van der Waals surface area (Å²) >= 11 is 1.34. The molecule has 0 unspecified atom stereocenters. The first-order valence-electron chi connectivity index (χ1n) is 2.28. The van der Waals surface area contributed by atoms with Crippen LogP contribution in [-0.2, 0) is 26.2 Å². The van der Waals surface area contributed by atoms with Crippen molar-refractivity contribution in [3.8, 4) is 0 Å². The molecular weight excluding hydrogens is 1070 g/mol. The van der Waals surface area contributed by atoms with Crippen molar-refractivity contribution in [2.75, 3.05) is 0 Å². The Morgan fingerprint density at radius 1 is 0.846 bits per heavy atom. The zero-order valence-corrected chi connectivity index (χ0v) is 25.3. The van der Waals surface area contributed by atoms with Crippen molar-refractivity contribution in [1.29, 1.82) is 0 Å². The third kappa shape index (κ3) is 48.5. The number of hydrogen-bond acceptors (Lipinski definition) is 0. The molecule has 0 aliphatic carbocycles. The van der Waals surface area contributed by atoms with E-state index >= 15 is 0 Å². The van der Waals surface area contributed by atoms with Gasteiger partial charge in [0.1, 0.15) is 0 Å². The second kappa shape index (κ2) is 36.0. The first kappa shape index (κ1) is 30.3. The van der Waals surface area contributed by atoms with Crippen molar-refractivity contribution in [3.63, 3.8) is 0 Å². The van der Waals surface area contributed by atoms with Crippen LogP contribution in [0.1, 0.15) is 0 Å². The number of hydrogen-bond donors (Lipinski definition) is 0. The van der Waals surface area contributed by atoms with Gasteiger partial charge in [0.2, 0.25) is 0 Å². The minimum absolute atomic E-state index is 0. The minimum atomic E-state index is -0.511. The average molecular weight is 1080 g/mol. The van der Waals surface area contributed by atoms with Crippen LogP contribution in [0.2, 0.25) is 0 Å². The van der Waals surface area contributed by atoms with Crippen LogP contribution in [0.5, 0.6) is 0 Å². The van der Waals surface area contributed by atoms with E-state index in [0.717, 1.165) is 0 Å². The second-order valence-corrected chi connectivity index (χ2v) is 8.16. The van der Waals surface area contributed by atoms with Crippen molar-refractivity contribution >= 4 is 103 Å². The van der Waals surface area contributed by atoms with E-state index in [1.807, 2.05) is 0 Å². The van der Waals surface area contributed by atoms with Gasteiger partial charge in [0, 0.05) is 0 Å². The summed E-state index contributed by atoms with van der Waals surface area (Å²) in [6.07, 6.45) is 0. The molecule has 0 bridgehead atoms. The molecule has 2 radical (unpaired) electrons. The Bertz CT molecular complexity index is 123. The predicted octanol–water partition coefficient (Wildman–Crippen LogP) is -7.25. The molecule has 0 N–H and O–H groups in total. The van der Waals surface area contributed by atoms with Crippen LogP contribution in [0.4, 0.5) is 0 Å². The van der Waals surface area contributed by atoms with Gasteiger partial charge in [0.15, 0.2) is 0 Å². The third-order valence-corrected chi connectivity index (χ3v) is 13.0. The van der Waals surface area contributed by atoms with Gasteiger partial charge in [-0.1, -0.05) is 0 Å². The van der Waals surface area contributed by atoms with Crippen LogP contribution in [0.3, 0.4) is 0 Å². The summed E-state index contributed by atoms with van der Waals surface area (Å²) < 4.78 is 19.1. The van der Waals surface area contributed by atoms with E-state index in [0.29, 0.717) is 0 Å². The molecule has 0 rings (SSSR count). The zero-order valence-electron chi connectivity index (χ0n) is 6.61. The van der Waals surface area contributed by atoms with Crippen LogP contribution in [-0.4, -0.2) is 103 Å². The van der Waals surface area contributed by atoms with Gasteiger partial charge in [0.05, 0.1) is 0 Å². The van der Waals surface area contributed by atoms with Crippen LogP contribution in [0.15, 0.2) is 15.1 Å². The van der Waals surface area contributed by atoms with E-state index in [4.69, 9.17) is 8.42 Å². The minimum Gasteiger partial charge on any atom is -1.00 e. The van der Waals surface area contributed by atoms with Gasteiger partial charge in [-0.15, -0.1) is 0 Å². The Morgan fingerprint density at radius 3 is 1.08 bits per heavy atom. The Hall–Kier alpha value is 4.22. The molecule has 0 saturated carbocycles. The molecule has 0 heterocycles. The Balaban J connectivity index is -0.0000000267. The summed E-state index contributed by atoms with van der Waals surface area (Å²) in [6, 6.07) is 0. The summed E-state index contributed by atoms with van der Waals surface area (Å²) in [7, 11) is 0. The van der Waals surface area contributed by atoms with E-state index in [9.17, 15) is 0 Å². The molecule has 0 aromatic carbocycles. The molecule has 0 atom stereocenters. The van der Waals surface area contributed by atoms with Crippen LogP contribution < -0.4 is 24.8 Å². The van der Waals surface area contributed by atoms with Gasteiger partial charge < -0.3 is 24.8 Å². The normalized spacial score (nSPS) is 6.92. The summed E-state index contributed by atoms with van der Waals surface area (Å²) in [4.78, 5) is 0. The largest absolute Gasteiger partial charge is 4.00 e. The van der Waals surface area contributed by atoms with Gasteiger partial charge in [-0.05, 0) is 0 Å². The molecule has 0 spiro atoms. The first-order valence-corrected chi connectivity index (χ1v) is 14.8. The van der Waals surface area contributed by atoms with E-state index in [1.165, 1.54) is 49.4 Å². The maximum absolute atomic E-state index is 5.26.